The van der Waals surface area contributed by atoms with Gasteiger partial charge in [0.25, 0.3) is 15.9 Å². The minimum Gasteiger partial charge on any atom is -0.319 e. The van der Waals surface area contributed by atoms with Crippen LogP contribution in [0.3, 0.4) is 0 Å². The van der Waals surface area contributed by atoms with E-state index >= 15 is 0 Å². The Morgan fingerprint density at radius 1 is 1.08 bits per heavy atom. The number of nitrogens with zero attached hydrogens (tertiary/aromatic N) is 2. The summed E-state index contributed by atoms with van der Waals surface area (Å²) >= 11 is 0. The van der Waals surface area contributed by atoms with E-state index < -0.39 is 21.7 Å². The van der Waals surface area contributed by atoms with Gasteiger partial charge in [-0.25, -0.2) is 16.8 Å². The Morgan fingerprint density at radius 2 is 1.83 bits per heavy atom. The van der Waals surface area contributed by atoms with Gasteiger partial charge in [-0.2, -0.15) is 0 Å². The smallest absolute Gasteiger partial charge is 0.274 e. The van der Waals surface area contributed by atoms with E-state index in [4.69, 9.17) is 0 Å². The summed E-state index contributed by atoms with van der Waals surface area (Å²) in [6.45, 7) is 0. The molecule has 6 nitrogen and oxygen atoms in total. The summed E-state index contributed by atoms with van der Waals surface area (Å²) in [5.74, 6) is -0.975. The van der Waals surface area contributed by atoms with E-state index in [9.17, 15) is 17.6 Å². The Bertz CT molecular complexity index is 967. The Labute approximate surface area is 137 Å². The highest BCUT2D eigenvalue weighted by atomic mass is 32.2. The SMILES string of the molecule is O=C(Nc1ccn(S(=O)(=O)c2ccc(F)cc2)c1)c1ccccn1. The fourth-order valence-electron chi connectivity index (χ4n) is 2.02. The van der Waals surface area contributed by atoms with E-state index in [2.05, 4.69) is 10.3 Å². The highest BCUT2D eigenvalue weighted by molar-refractivity contribution is 7.90. The maximum absolute atomic E-state index is 12.9. The zero-order valence-electron chi connectivity index (χ0n) is 12.3. The number of carbonyl (C=O) groups is 1. The Kier molecular flexibility index (Phi) is 4.13. The van der Waals surface area contributed by atoms with Crippen molar-refractivity contribution in [3.05, 3.63) is 78.6 Å². The van der Waals surface area contributed by atoms with Crippen molar-refractivity contribution < 1.29 is 17.6 Å². The van der Waals surface area contributed by atoms with Crippen LogP contribution in [0.4, 0.5) is 10.1 Å². The lowest BCUT2D eigenvalue weighted by atomic mass is 10.3. The number of benzene rings is 1. The van der Waals surface area contributed by atoms with Crippen LogP contribution in [-0.2, 0) is 10.0 Å². The molecule has 0 aliphatic carbocycles. The average Bonchev–Trinajstić information content (AvgIpc) is 3.05. The highest BCUT2D eigenvalue weighted by Crippen LogP contribution is 2.18. The maximum Gasteiger partial charge on any atom is 0.274 e. The van der Waals surface area contributed by atoms with E-state index in [0.717, 1.165) is 16.1 Å². The van der Waals surface area contributed by atoms with Gasteiger partial charge in [0.2, 0.25) is 0 Å². The number of amides is 1. The lowest BCUT2D eigenvalue weighted by Gasteiger charge is -2.05. The number of carbonyl (C=O) groups excluding carboxylic acids is 1. The molecular weight excluding hydrogens is 333 g/mol. The molecule has 0 saturated carbocycles. The van der Waals surface area contributed by atoms with Crippen molar-refractivity contribution >= 4 is 21.6 Å². The van der Waals surface area contributed by atoms with Crippen molar-refractivity contribution in [2.45, 2.75) is 4.90 Å². The van der Waals surface area contributed by atoms with Gasteiger partial charge in [-0.05, 0) is 42.5 Å². The number of halogens is 1. The number of nitrogens with one attached hydrogen (secondary N) is 1. The largest absolute Gasteiger partial charge is 0.319 e. The molecule has 3 aromatic rings. The van der Waals surface area contributed by atoms with Crippen LogP contribution in [0.2, 0.25) is 0 Å². The molecule has 0 radical (unpaired) electrons. The lowest BCUT2D eigenvalue weighted by molar-refractivity contribution is 0.102. The molecule has 0 unspecified atom stereocenters. The minimum absolute atomic E-state index is 0.0536. The third kappa shape index (κ3) is 3.18. The van der Waals surface area contributed by atoms with E-state index in [1.807, 2.05) is 0 Å². The van der Waals surface area contributed by atoms with Crippen molar-refractivity contribution in [3.63, 3.8) is 0 Å². The molecule has 1 N–H and O–H groups in total. The first-order chi connectivity index (χ1) is 11.5. The van der Waals surface area contributed by atoms with Crippen LogP contribution >= 0.6 is 0 Å². The summed E-state index contributed by atoms with van der Waals surface area (Å²) in [5, 5.41) is 2.56. The van der Waals surface area contributed by atoms with E-state index in [1.165, 1.54) is 36.8 Å². The molecule has 0 bridgehead atoms. The second-order valence-corrected chi connectivity index (χ2v) is 6.70. The fraction of sp³-hybridized carbons (Fsp3) is 0. The average molecular weight is 345 g/mol. The summed E-state index contributed by atoms with van der Waals surface area (Å²) in [6, 6.07) is 10.8. The summed E-state index contributed by atoms with van der Waals surface area (Å²) in [4.78, 5) is 15.9. The predicted molar refractivity (Wildman–Crippen MR) is 85.6 cm³/mol. The third-order valence-corrected chi connectivity index (χ3v) is 4.86. The standard InChI is InChI=1S/C16H12FN3O3S/c17-12-4-6-14(7-5-12)24(22,23)20-10-8-13(11-20)19-16(21)15-3-1-2-9-18-15/h1-11H,(H,19,21). The van der Waals surface area contributed by atoms with Gasteiger partial charge in [-0.3, -0.25) is 9.78 Å². The van der Waals surface area contributed by atoms with Gasteiger partial charge in [0, 0.05) is 18.6 Å². The minimum atomic E-state index is -3.85. The van der Waals surface area contributed by atoms with Crippen molar-refractivity contribution in [2.24, 2.45) is 0 Å². The molecule has 0 fully saturated rings. The third-order valence-electron chi connectivity index (χ3n) is 3.21. The van der Waals surface area contributed by atoms with Crippen molar-refractivity contribution in [1.29, 1.82) is 0 Å². The van der Waals surface area contributed by atoms with Crippen LogP contribution in [0.15, 0.2) is 72.0 Å². The number of rotatable bonds is 4. The first-order valence-corrected chi connectivity index (χ1v) is 8.32. The summed E-state index contributed by atoms with van der Waals surface area (Å²) in [6.07, 6.45) is 4.05. The van der Waals surface area contributed by atoms with Crippen LogP contribution in [0, 0.1) is 5.82 Å². The molecule has 2 aromatic heterocycles. The molecule has 1 amide bonds. The molecule has 0 aliphatic rings. The molecule has 0 saturated heterocycles. The zero-order chi connectivity index (χ0) is 17.2. The van der Waals surface area contributed by atoms with Gasteiger partial charge >= 0.3 is 0 Å². The second-order valence-electron chi connectivity index (χ2n) is 4.86. The normalized spacial score (nSPS) is 11.2. The molecule has 1 aromatic carbocycles. The van der Waals surface area contributed by atoms with Gasteiger partial charge in [0.15, 0.2) is 0 Å². The molecule has 0 spiro atoms. The number of aromatic nitrogens is 2. The zero-order valence-corrected chi connectivity index (χ0v) is 13.1. The van der Waals surface area contributed by atoms with Crippen LogP contribution < -0.4 is 5.32 Å². The Hall–Kier alpha value is -3.00. The molecular formula is C16H12FN3O3S. The second kappa shape index (κ2) is 6.25. The van der Waals surface area contributed by atoms with Crippen LogP contribution in [-0.4, -0.2) is 23.3 Å². The topological polar surface area (TPSA) is 81.1 Å². The van der Waals surface area contributed by atoms with Crippen LogP contribution in [0.5, 0.6) is 0 Å². The Morgan fingerprint density at radius 3 is 2.50 bits per heavy atom. The summed E-state index contributed by atoms with van der Waals surface area (Å²) < 4.78 is 38.7. The predicted octanol–water partition coefficient (Wildman–Crippen LogP) is 2.51. The van der Waals surface area contributed by atoms with Crippen molar-refractivity contribution in [1.82, 2.24) is 8.96 Å². The summed E-state index contributed by atoms with van der Waals surface area (Å²) in [7, 11) is -3.85. The highest BCUT2D eigenvalue weighted by Gasteiger charge is 2.17. The molecule has 3 rings (SSSR count). The molecule has 0 atom stereocenters. The van der Waals surface area contributed by atoms with Crippen molar-refractivity contribution in [2.75, 3.05) is 5.32 Å². The fourth-order valence-corrected chi connectivity index (χ4v) is 3.22. The monoisotopic (exact) mass is 345 g/mol. The van der Waals surface area contributed by atoms with Gasteiger partial charge in [0.1, 0.15) is 11.5 Å². The van der Waals surface area contributed by atoms with Crippen molar-refractivity contribution in [3.8, 4) is 0 Å². The molecule has 122 valence electrons. The van der Waals surface area contributed by atoms with Crippen LogP contribution in [0.1, 0.15) is 10.5 Å². The first kappa shape index (κ1) is 15.9. The Balaban J connectivity index is 1.83. The van der Waals surface area contributed by atoms with Gasteiger partial charge < -0.3 is 5.32 Å². The number of hydrogen-bond donors (Lipinski definition) is 1. The first-order valence-electron chi connectivity index (χ1n) is 6.88. The van der Waals surface area contributed by atoms with Gasteiger partial charge in [0.05, 0.1) is 10.6 Å². The maximum atomic E-state index is 12.9. The van der Waals surface area contributed by atoms with Gasteiger partial charge in [-0.15, -0.1) is 0 Å². The molecule has 8 heteroatoms. The quantitative estimate of drug-likeness (QED) is 0.788. The molecule has 0 aliphatic heterocycles. The van der Waals surface area contributed by atoms with Crippen LogP contribution in [0.25, 0.3) is 0 Å². The van der Waals surface area contributed by atoms with Gasteiger partial charge in [-0.1, -0.05) is 6.07 Å². The van der Waals surface area contributed by atoms with E-state index in [-0.39, 0.29) is 10.6 Å². The number of hydrogen-bond acceptors (Lipinski definition) is 4. The lowest BCUT2D eigenvalue weighted by Crippen LogP contribution is -2.14. The van der Waals surface area contributed by atoms with E-state index in [1.54, 1.807) is 18.2 Å². The molecule has 24 heavy (non-hydrogen) atoms. The summed E-state index contributed by atoms with van der Waals surface area (Å²) in [5.41, 5.74) is 0.517. The number of pyridine rings is 1. The molecule has 2 heterocycles. The van der Waals surface area contributed by atoms with E-state index in [0.29, 0.717) is 5.69 Å². The number of anilines is 1.